The van der Waals surface area contributed by atoms with Gasteiger partial charge in [0.15, 0.2) is 5.13 Å². The van der Waals surface area contributed by atoms with E-state index in [4.69, 9.17) is 0 Å². The van der Waals surface area contributed by atoms with Gasteiger partial charge in [-0.1, -0.05) is 24.7 Å². The molecule has 0 aliphatic carbocycles. The van der Waals surface area contributed by atoms with E-state index in [2.05, 4.69) is 21.8 Å². The van der Waals surface area contributed by atoms with Crippen LogP contribution in [0.5, 0.6) is 0 Å². The molecule has 2 aromatic rings. The first-order valence-corrected chi connectivity index (χ1v) is 8.04. The minimum atomic E-state index is 0.0838. The first-order valence-electron chi connectivity index (χ1n) is 6.35. The van der Waals surface area contributed by atoms with E-state index in [-0.39, 0.29) is 6.61 Å². The van der Waals surface area contributed by atoms with E-state index in [1.54, 1.807) is 22.7 Å². The van der Waals surface area contributed by atoms with Crippen molar-refractivity contribution < 1.29 is 5.11 Å². The fraction of sp³-hybridized carbons (Fsp3) is 0.538. The summed E-state index contributed by atoms with van der Waals surface area (Å²) in [4.78, 5) is 13.3. The van der Waals surface area contributed by atoms with Crippen LogP contribution in [0.1, 0.15) is 34.5 Å². The van der Waals surface area contributed by atoms with Gasteiger partial charge in [0, 0.05) is 11.9 Å². The van der Waals surface area contributed by atoms with Gasteiger partial charge in [0.25, 0.3) is 0 Å². The summed E-state index contributed by atoms with van der Waals surface area (Å²) >= 11 is 3.26. The van der Waals surface area contributed by atoms with Gasteiger partial charge < -0.3 is 10.0 Å². The van der Waals surface area contributed by atoms with Crippen molar-refractivity contribution in [2.75, 3.05) is 11.9 Å². The van der Waals surface area contributed by atoms with Gasteiger partial charge in [-0.25, -0.2) is 9.97 Å². The monoisotopic (exact) mass is 297 g/mol. The van der Waals surface area contributed by atoms with Gasteiger partial charge in [-0.2, -0.15) is 0 Å². The molecule has 1 N–H and O–H groups in total. The number of hydrogen-bond donors (Lipinski definition) is 1. The highest BCUT2D eigenvalue weighted by Crippen LogP contribution is 2.28. The Morgan fingerprint density at radius 3 is 2.74 bits per heavy atom. The minimum Gasteiger partial charge on any atom is -0.391 e. The number of hydrogen-bond acceptors (Lipinski definition) is 6. The van der Waals surface area contributed by atoms with E-state index in [1.165, 1.54) is 4.88 Å². The summed E-state index contributed by atoms with van der Waals surface area (Å²) < 4.78 is 0. The van der Waals surface area contributed by atoms with Crippen LogP contribution in [-0.4, -0.2) is 22.1 Å². The average molecular weight is 297 g/mol. The Balaban J connectivity index is 2.14. The second-order valence-electron chi connectivity index (χ2n) is 4.49. The standard InChI is InChI=1S/C13H19N3OS2/c1-4-5-10-12(7-17)19-13(15-10)16(3)6-11-9(2)14-8-18-11/h8,17H,4-7H2,1-3H3. The van der Waals surface area contributed by atoms with Gasteiger partial charge in [-0.3, -0.25) is 0 Å². The van der Waals surface area contributed by atoms with Gasteiger partial charge in [0.1, 0.15) is 0 Å². The zero-order valence-corrected chi connectivity index (χ0v) is 13.1. The molecule has 0 unspecified atom stereocenters. The Bertz CT molecular complexity index is 536. The number of nitrogens with zero attached hydrogens (tertiary/aromatic N) is 3. The largest absolute Gasteiger partial charge is 0.391 e. The van der Waals surface area contributed by atoms with Crippen LogP contribution in [0.25, 0.3) is 0 Å². The highest BCUT2D eigenvalue weighted by atomic mass is 32.1. The predicted octanol–water partition coefficient (Wildman–Crippen LogP) is 2.99. The molecule has 0 amide bonds. The van der Waals surface area contributed by atoms with Crippen LogP contribution >= 0.6 is 22.7 Å². The number of aryl methyl sites for hydroxylation is 2. The Labute approximate surface area is 121 Å². The molecule has 0 aliphatic heterocycles. The van der Waals surface area contributed by atoms with E-state index < -0.39 is 0 Å². The Morgan fingerprint density at radius 2 is 2.16 bits per heavy atom. The minimum absolute atomic E-state index is 0.0838. The maximum Gasteiger partial charge on any atom is 0.185 e. The normalized spacial score (nSPS) is 10.9. The van der Waals surface area contributed by atoms with Crippen molar-refractivity contribution in [2.45, 2.75) is 39.8 Å². The van der Waals surface area contributed by atoms with Crippen molar-refractivity contribution in [2.24, 2.45) is 0 Å². The molecule has 0 atom stereocenters. The molecule has 104 valence electrons. The smallest absolute Gasteiger partial charge is 0.185 e. The maximum atomic E-state index is 9.38. The van der Waals surface area contributed by atoms with Gasteiger partial charge >= 0.3 is 0 Å². The number of thiazole rings is 2. The molecule has 0 bridgehead atoms. The number of aromatic nitrogens is 2. The molecule has 0 aromatic carbocycles. The Hall–Kier alpha value is -0.980. The zero-order valence-electron chi connectivity index (χ0n) is 11.5. The van der Waals surface area contributed by atoms with Gasteiger partial charge in [0.2, 0.25) is 0 Å². The molecule has 4 nitrogen and oxygen atoms in total. The van der Waals surface area contributed by atoms with E-state index in [1.807, 2.05) is 19.5 Å². The Kier molecular flexibility index (Phi) is 4.90. The summed E-state index contributed by atoms with van der Waals surface area (Å²) in [5.74, 6) is 0. The van der Waals surface area contributed by atoms with Crippen LogP contribution in [-0.2, 0) is 19.6 Å². The lowest BCUT2D eigenvalue weighted by molar-refractivity contribution is 0.284. The Morgan fingerprint density at radius 1 is 1.37 bits per heavy atom. The van der Waals surface area contributed by atoms with E-state index >= 15 is 0 Å². The van der Waals surface area contributed by atoms with Crippen molar-refractivity contribution in [1.29, 1.82) is 0 Å². The summed E-state index contributed by atoms with van der Waals surface area (Å²) in [6.07, 6.45) is 1.98. The number of aliphatic hydroxyl groups is 1. The van der Waals surface area contributed by atoms with Gasteiger partial charge in [-0.15, -0.1) is 11.3 Å². The number of aliphatic hydroxyl groups excluding tert-OH is 1. The van der Waals surface area contributed by atoms with Crippen LogP contribution in [0.2, 0.25) is 0 Å². The molecule has 0 aliphatic rings. The lowest BCUT2D eigenvalue weighted by Gasteiger charge is -2.14. The van der Waals surface area contributed by atoms with Crippen LogP contribution < -0.4 is 4.90 Å². The predicted molar refractivity (Wildman–Crippen MR) is 81.0 cm³/mol. The number of anilines is 1. The molecule has 2 rings (SSSR count). The molecular formula is C13H19N3OS2. The quantitative estimate of drug-likeness (QED) is 0.890. The molecule has 0 spiro atoms. The molecule has 0 saturated carbocycles. The van der Waals surface area contributed by atoms with Crippen molar-refractivity contribution in [1.82, 2.24) is 9.97 Å². The summed E-state index contributed by atoms with van der Waals surface area (Å²) in [6.45, 7) is 5.06. The first kappa shape index (κ1) is 14.4. The highest BCUT2D eigenvalue weighted by molar-refractivity contribution is 7.15. The van der Waals surface area contributed by atoms with Crippen molar-refractivity contribution in [3.8, 4) is 0 Å². The average Bonchev–Trinajstić information content (AvgIpc) is 2.97. The second kappa shape index (κ2) is 6.45. The lowest BCUT2D eigenvalue weighted by Crippen LogP contribution is -2.16. The van der Waals surface area contributed by atoms with E-state index in [9.17, 15) is 5.11 Å². The van der Waals surface area contributed by atoms with Gasteiger partial charge in [-0.05, 0) is 13.3 Å². The molecule has 2 heterocycles. The SMILES string of the molecule is CCCc1nc(N(C)Cc2scnc2C)sc1CO. The second-order valence-corrected chi connectivity index (χ2v) is 6.49. The summed E-state index contributed by atoms with van der Waals surface area (Å²) in [7, 11) is 2.04. The summed E-state index contributed by atoms with van der Waals surface area (Å²) in [6, 6.07) is 0. The maximum absolute atomic E-state index is 9.38. The molecule has 0 radical (unpaired) electrons. The summed E-state index contributed by atoms with van der Waals surface area (Å²) in [5, 5.41) is 10.4. The topological polar surface area (TPSA) is 49.2 Å². The number of rotatable bonds is 6. The van der Waals surface area contributed by atoms with Crippen molar-refractivity contribution in [3.63, 3.8) is 0 Å². The molecule has 0 saturated heterocycles. The van der Waals surface area contributed by atoms with Crippen LogP contribution in [0.15, 0.2) is 5.51 Å². The van der Waals surface area contributed by atoms with E-state index in [0.717, 1.165) is 40.8 Å². The third kappa shape index (κ3) is 3.32. The zero-order chi connectivity index (χ0) is 13.8. The fourth-order valence-electron chi connectivity index (χ4n) is 1.85. The molecular weight excluding hydrogens is 278 g/mol. The summed E-state index contributed by atoms with van der Waals surface area (Å²) in [5.41, 5.74) is 4.00. The van der Waals surface area contributed by atoms with Gasteiger partial charge in [0.05, 0.1) is 34.9 Å². The first-order chi connectivity index (χ1) is 9.15. The highest BCUT2D eigenvalue weighted by Gasteiger charge is 2.14. The van der Waals surface area contributed by atoms with Crippen molar-refractivity contribution >= 4 is 27.8 Å². The van der Waals surface area contributed by atoms with Crippen molar-refractivity contribution in [3.05, 3.63) is 26.7 Å². The third-order valence-corrected chi connectivity index (χ3v) is 5.07. The lowest BCUT2D eigenvalue weighted by atomic mass is 10.2. The molecule has 0 fully saturated rings. The van der Waals surface area contributed by atoms with Crippen LogP contribution in [0.4, 0.5) is 5.13 Å². The van der Waals surface area contributed by atoms with Crippen LogP contribution in [0.3, 0.4) is 0 Å². The molecule has 19 heavy (non-hydrogen) atoms. The molecule has 2 aromatic heterocycles. The fourth-order valence-corrected chi connectivity index (χ4v) is 3.61. The molecule has 6 heteroatoms. The van der Waals surface area contributed by atoms with E-state index in [0.29, 0.717) is 0 Å². The third-order valence-electron chi connectivity index (χ3n) is 2.95. The van der Waals surface area contributed by atoms with Crippen LogP contribution in [0, 0.1) is 6.92 Å².